The number of carbonyl (C=O) groups is 1. The number of rotatable bonds is 12. The van der Waals surface area contributed by atoms with Crippen molar-refractivity contribution in [1.29, 1.82) is 0 Å². The number of aliphatic hydroxyl groups is 1. The molecule has 2 saturated carbocycles. The number of amides is 1. The highest BCUT2D eigenvalue weighted by Crippen LogP contribution is 2.53. The molecule has 5 aliphatic rings. The lowest BCUT2D eigenvalue weighted by Crippen LogP contribution is -2.58. The van der Waals surface area contributed by atoms with Crippen molar-refractivity contribution in [1.82, 2.24) is 24.6 Å². The minimum Gasteiger partial charge on any atom is -0.476 e. The van der Waals surface area contributed by atoms with Crippen LogP contribution in [-0.2, 0) is 4.74 Å². The Bertz CT molecular complexity index is 2520. The van der Waals surface area contributed by atoms with Gasteiger partial charge in [0.15, 0.2) is 0 Å². The summed E-state index contributed by atoms with van der Waals surface area (Å²) in [6.45, 7) is 11.3. The predicted octanol–water partition coefficient (Wildman–Crippen LogP) is 10.7. The molecule has 1 unspecified atom stereocenters. The summed E-state index contributed by atoms with van der Waals surface area (Å²) >= 11 is 2.59. The second kappa shape index (κ2) is 18.5. The number of nitrogens with one attached hydrogen (secondary N) is 2. The quantitative estimate of drug-likeness (QED) is 0.0806. The number of morpholine rings is 1. The van der Waals surface area contributed by atoms with Gasteiger partial charge < -0.3 is 29.2 Å². The molecule has 342 valence electrons. The van der Waals surface area contributed by atoms with Gasteiger partial charge in [-0.15, -0.1) is 16.7 Å². The minimum atomic E-state index is -0.580. The van der Waals surface area contributed by atoms with Crippen LogP contribution in [-0.4, -0.2) is 87.2 Å². The summed E-state index contributed by atoms with van der Waals surface area (Å²) in [5.74, 6) is 1.89. The fourth-order valence-corrected chi connectivity index (χ4v) is 12.8. The van der Waals surface area contributed by atoms with Crippen molar-refractivity contribution in [3.8, 4) is 17.4 Å². The zero-order chi connectivity index (χ0) is 44.7. The maximum absolute atomic E-state index is 14.0. The Balaban J connectivity index is 0.809. The first-order valence-corrected chi connectivity index (χ1v) is 25.0. The smallest absolute Gasteiger partial charge is 0.265 e. The maximum Gasteiger partial charge on any atom is 0.265 e. The van der Waals surface area contributed by atoms with E-state index in [0.717, 1.165) is 106 Å². The number of aromatic amines is 1. The summed E-state index contributed by atoms with van der Waals surface area (Å²) in [5, 5.41) is 15.2. The second-order valence-electron chi connectivity index (χ2n) is 19.5. The number of ether oxygens (including phenoxy) is 3. The van der Waals surface area contributed by atoms with Crippen LogP contribution in [0.2, 0.25) is 0 Å². The largest absolute Gasteiger partial charge is 0.476 e. The monoisotopic (exact) mass is 917 g/mol. The van der Waals surface area contributed by atoms with Crippen molar-refractivity contribution in [2.24, 2.45) is 16.5 Å². The Hall–Kier alpha value is -4.67. The molecule has 0 bridgehead atoms. The van der Waals surface area contributed by atoms with Gasteiger partial charge in [0, 0.05) is 72.3 Å². The third-order valence-electron chi connectivity index (χ3n) is 14.7. The molecule has 2 aliphatic carbocycles. The van der Waals surface area contributed by atoms with Crippen molar-refractivity contribution < 1.29 is 24.1 Å². The molecule has 2 saturated heterocycles. The number of hydrogen-bond donors (Lipinski definition) is 3. The Morgan fingerprint density at radius 3 is 2.68 bits per heavy atom. The Labute approximate surface area is 389 Å². The van der Waals surface area contributed by atoms with E-state index >= 15 is 0 Å². The molecule has 13 nitrogen and oxygen atoms in total. The van der Waals surface area contributed by atoms with Gasteiger partial charge in [-0.3, -0.25) is 14.4 Å². The maximum atomic E-state index is 14.0. The molecular formula is C50H59N7O6S2. The number of nitrogens with zero attached hydrogens (tertiary/aromatic N) is 5. The zero-order valence-corrected chi connectivity index (χ0v) is 39.1. The summed E-state index contributed by atoms with van der Waals surface area (Å²) in [5.41, 5.74) is 4.96. The number of carbonyl (C=O) groups excluding carboxylic acids is 1. The first-order valence-electron chi connectivity index (χ1n) is 23.3. The Kier molecular flexibility index (Phi) is 12.6. The van der Waals surface area contributed by atoms with E-state index < -0.39 is 5.60 Å². The molecule has 3 aliphatic heterocycles. The van der Waals surface area contributed by atoms with Crippen LogP contribution in [0.4, 0.5) is 11.4 Å². The summed E-state index contributed by atoms with van der Waals surface area (Å²) in [4.78, 5) is 44.3. The van der Waals surface area contributed by atoms with Crippen molar-refractivity contribution in [2.45, 2.75) is 117 Å². The van der Waals surface area contributed by atoms with Gasteiger partial charge in [-0.2, -0.15) is 0 Å². The average Bonchev–Trinajstić information content (AvgIpc) is 3.79. The van der Waals surface area contributed by atoms with E-state index in [2.05, 4.69) is 72.8 Å². The molecule has 1 spiro atoms. The van der Waals surface area contributed by atoms with Crippen LogP contribution in [0.1, 0.15) is 112 Å². The molecular weight excluding hydrogens is 859 g/mol. The van der Waals surface area contributed by atoms with E-state index in [-0.39, 0.29) is 16.8 Å². The Morgan fingerprint density at radius 2 is 1.88 bits per heavy atom. The molecule has 0 radical (unpaired) electrons. The summed E-state index contributed by atoms with van der Waals surface area (Å²) in [6, 6.07) is 21.0. The van der Waals surface area contributed by atoms with Crippen LogP contribution in [0.5, 0.6) is 17.4 Å². The molecule has 5 aromatic rings. The molecule has 65 heavy (non-hydrogen) atoms. The van der Waals surface area contributed by atoms with Gasteiger partial charge in [0.1, 0.15) is 34.5 Å². The topological polar surface area (TPSA) is 155 Å². The van der Waals surface area contributed by atoms with Crippen LogP contribution in [0.3, 0.4) is 0 Å². The molecule has 3 aromatic heterocycles. The van der Waals surface area contributed by atoms with Crippen molar-refractivity contribution in [3.05, 3.63) is 94.7 Å². The molecule has 4 fully saturated rings. The number of nitroso groups, excluding NO2 is 1. The highest BCUT2D eigenvalue weighted by molar-refractivity contribution is 8.00. The van der Waals surface area contributed by atoms with Crippen LogP contribution in [0.25, 0.3) is 11.0 Å². The van der Waals surface area contributed by atoms with E-state index in [4.69, 9.17) is 14.2 Å². The Morgan fingerprint density at radius 1 is 1.06 bits per heavy atom. The van der Waals surface area contributed by atoms with Gasteiger partial charge >= 0.3 is 0 Å². The third-order valence-corrected chi connectivity index (χ3v) is 16.7. The number of piperidine rings is 1. The van der Waals surface area contributed by atoms with E-state index in [0.29, 0.717) is 68.8 Å². The normalized spacial score (nSPS) is 24.6. The highest BCUT2D eigenvalue weighted by atomic mass is 32.2. The van der Waals surface area contributed by atoms with E-state index in [9.17, 15) is 14.8 Å². The lowest BCUT2D eigenvalue weighted by Gasteiger charge is -2.57. The molecule has 3 N–H and O–H groups in total. The number of aromatic nitrogens is 3. The fourth-order valence-electron chi connectivity index (χ4n) is 10.9. The fraction of sp³-hybridized carbons (Fsp3) is 0.500. The number of thioether (sulfide) groups is 1. The number of hydrogen-bond acceptors (Lipinski definition) is 13. The lowest BCUT2D eigenvalue weighted by molar-refractivity contribution is -0.0912. The second-order valence-corrected chi connectivity index (χ2v) is 21.6. The van der Waals surface area contributed by atoms with Crippen LogP contribution in [0.15, 0.2) is 88.2 Å². The number of anilines is 1. The van der Waals surface area contributed by atoms with E-state index in [1.807, 2.05) is 43.5 Å². The minimum absolute atomic E-state index is 0.161. The number of fused-ring (bicyclic) bond motifs is 2. The summed E-state index contributed by atoms with van der Waals surface area (Å²) < 4.78 is 21.6. The predicted molar refractivity (Wildman–Crippen MR) is 256 cm³/mol. The first kappa shape index (κ1) is 44.2. The summed E-state index contributed by atoms with van der Waals surface area (Å²) in [6.07, 6.45) is 12.6. The SMILES string of the molecule is CC(C)c1ccccc1[C@@H]1COCCN1C1CC2(CCN(c3ccc(C(=O)NSc4cc(N=O)c5c(n4)OCC(CC4CCC(C)(O)CC4)S5)c(Oc4cnc5[nH]ccc5c4)c3)CC2)C1. The zero-order valence-electron chi connectivity index (χ0n) is 37.5. The molecule has 6 heterocycles. The van der Waals surface area contributed by atoms with Gasteiger partial charge in [0.05, 0.1) is 41.5 Å². The lowest BCUT2D eigenvalue weighted by atomic mass is 9.59. The summed E-state index contributed by atoms with van der Waals surface area (Å²) in [7, 11) is 0. The van der Waals surface area contributed by atoms with Gasteiger partial charge in [0.2, 0.25) is 5.88 Å². The van der Waals surface area contributed by atoms with Crippen molar-refractivity contribution >= 4 is 52.0 Å². The van der Waals surface area contributed by atoms with Gasteiger partial charge in [-0.05, 0) is 123 Å². The van der Waals surface area contributed by atoms with E-state index in [1.165, 1.54) is 24.0 Å². The van der Waals surface area contributed by atoms with Crippen LogP contribution < -0.4 is 19.1 Å². The molecule has 15 heteroatoms. The number of benzene rings is 2. The van der Waals surface area contributed by atoms with Crippen molar-refractivity contribution in [2.75, 3.05) is 44.4 Å². The molecule has 2 atom stereocenters. The van der Waals surface area contributed by atoms with Crippen molar-refractivity contribution in [3.63, 3.8) is 0 Å². The van der Waals surface area contributed by atoms with Crippen LogP contribution >= 0.6 is 23.7 Å². The number of H-pyrrole nitrogens is 1. The average molecular weight is 918 g/mol. The molecule has 1 amide bonds. The molecule has 2 aromatic carbocycles. The number of pyridine rings is 2. The first-order chi connectivity index (χ1) is 31.5. The van der Waals surface area contributed by atoms with E-state index in [1.54, 1.807) is 24.0 Å². The molecule has 10 rings (SSSR count). The van der Waals surface area contributed by atoms with Crippen LogP contribution in [0, 0.1) is 16.2 Å². The van der Waals surface area contributed by atoms with Gasteiger partial charge in [0.25, 0.3) is 5.91 Å². The van der Waals surface area contributed by atoms with Gasteiger partial charge in [-0.25, -0.2) is 9.97 Å². The van der Waals surface area contributed by atoms with Gasteiger partial charge in [-0.1, -0.05) is 38.1 Å². The third kappa shape index (κ3) is 9.49. The highest BCUT2D eigenvalue weighted by Gasteiger charge is 2.50. The standard InChI is InChI=1S/C50H59N7O6S2/c1-31(2)38-6-4-5-7-39(38)42-30-61-21-20-57(42)35-26-50(27-35)15-18-56(19-16-50)34-8-9-40(43(24-34)63-36-23-33-12-17-51-46(33)52-28-36)47(58)55-65-44-25-41(54-60)45-48(53-44)62-29-37(64-45)22-32-10-13-49(3,59)14-11-32/h4-9,12,17,23-25,28,31-32,35,37,42,59H,10-11,13-16,18-22,26-27,29-30H2,1-3H3,(H,51,52)(H,55,58)/t32?,37?,42-,49?/m0/s1.